The van der Waals surface area contributed by atoms with Gasteiger partial charge >= 0.3 is 0 Å². The van der Waals surface area contributed by atoms with Gasteiger partial charge in [-0.2, -0.15) is 0 Å². The van der Waals surface area contributed by atoms with Crippen LogP contribution in [-0.4, -0.2) is 38.6 Å². The summed E-state index contributed by atoms with van der Waals surface area (Å²) in [4.78, 5) is 2.44. The molecule has 106 valence electrons. The zero-order valence-corrected chi connectivity index (χ0v) is 12.8. The van der Waals surface area contributed by atoms with Crippen molar-refractivity contribution < 1.29 is 0 Å². The number of benzene rings is 1. The number of likely N-dealkylation sites (tertiary alicyclic amines) is 1. The molecule has 0 saturated carbocycles. The summed E-state index contributed by atoms with van der Waals surface area (Å²) < 4.78 is 0. The van der Waals surface area contributed by atoms with Crippen molar-refractivity contribution in [3.63, 3.8) is 0 Å². The Bertz CT molecular complexity index is 400. The Hall–Kier alpha value is -0.860. The van der Waals surface area contributed by atoms with Crippen LogP contribution >= 0.6 is 0 Å². The van der Waals surface area contributed by atoms with Crippen molar-refractivity contribution in [2.75, 3.05) is 33.7 Å². The maximum Gasteiger partial charge on any atom is 0.00477 e. The summed E-state index contributed by atoms with van der Waals surface area (Å²) in [7, 11) is 4.27. The minimum Gasteiger partial charge on any atom is -0.319 e. The fourth-order valence-corrected chi connectivity index (χ4v) is 3.21. The third kappa shape index (κ3) is 3.58. The summed E-state index contributed by atoms with van der Waals surface area (Å²) in [5.41, 5.74) is 3.03. The average molecular weight is 260 g/mol. The Labute approximate surface area is 118 Å². The van der Waals surface area contributed by atoms with Gasteiger partial charge in [0.05, 0.1) is 0 Å². The van der Waals surface area contributed by atoms with Gasteiger partial charge in [0.25, 0.3) is 0 Å². The van der Waals surface area contributed by atoms with Gasteiger partial charge in [0.2, 0.25) is 0 Å². The van der Waals surface area contributed by atoms with Crippen molar-refractivity contribution >= 4 is 0 Å². The number of nitrogens with zero attached hydrogens (tertiary/aromatic N) is 1. The zero-order chi connectivity index (χ0) is 13.8. The SMILES string of the molecule is CNCC(c1cccc(C2CCN(C)C2)c1)C(C)C. The summed E-state index contributed by atoms with van der Waals surface area (Å²) >= 11 is 0. The van der Waals surface area contributed by atoms with Gasteiger partial charge in [0.1, 0.15) is 0 Å². The van der Waals surface area contributed by atoms with Crippen LogP contribution in [0.3, 0.4) is 0 Å². The van der Waals surface area contributed by atoms with Gasteiger partial charge in [-0.3, -0.25) is 0 Å². The summed E-state index contributed by atoms with van der Waals surface area (Å²) in [6, 6.07) is 9.30. The molecule has 1 saturated heterocycles. The minimum atomic E-state index is 0.615. The summed E-state index contributed by atoms with van der Waals surface area (Å²) in [6.07, 6.45) is 1.30. The molecule has 0 radical (unpaired) electrons. The molecule has 0 aromatic heterocycles. The van der Waals surface area contributed by atoms with E-state index in [-0.39, 0.29) is 0 Å². The molecule has 2 heteroatoms. The van der Waals surface area contributed by atoms with Crippen LogP contribution in [0, 0.1) is 5.92 Å². The lowest BCUT2D eigenvalue weighted by Crippen LogP contribution is -2.21. The number of nitrogens with one attached hydrogen (secondary N) is 1. The molecule has 1 fully saturated rings. The standard InChI is InChI=1S/C17H28N2/c1-13(2)17(11-18-3)15-7-5-6-14(10-15)16-8-9-19(4)12-16/h5-7,10,13,16-18H,8-9,11-12H2,1-4H3. The quantitative estimate of drug-likeness (QED) is 0.875. The maximum atomic E-state index is 3.34. The molecule has 19 heavy (non-hydrogen) atoms. The van der Waals surface area contributed by atoms with Gasteiger partial charge in [-0.05, 0) is 55.9 Å². The fourth-order valence-electron chi connectivity index (χ4n) is 3.21. The normalized spacial score (nSPS) is 22.1. The molecule has 0 amide bonds. The molecule has 0 bridgehead atoms. The van der Waals surface area contributed by atoms with E-state index in [0.717, 1.165) is 12.5 Å². The Morgan fingerprint density at radius 3 is 2.74 bits per heavy atom. The highest BCUT2D eigenvalue weighted by Crippen LogP contribution is 2.30. The largest absolute Gasteiger partial charge is 0.319 e. The van der Waals surface area contributed by atoms with E-state index in [0.29, 0.717) is 11.8 Å². The number of hydrogen-bond acceptors (Lipinski definition) is 2. The molecule has 0 spiro atoms. The van der Waals surface area contributed by atoms with E-state index >= 15 is 0 Å². The van der Waals surface area contributed by atoms with Gasteiger partial charge in [-0.1, -0.05) is 38.1 Å². The van der Waals surface area contributed by atoms with Crippen LogP contribution in [0.2, 0.25) is 0 Å². The van der Waals surface area contributed by atoms with Crippen molar-refractivity contribution in [2.45, 2.75) is 32.1 Å². The van der Waals surface area contributed by atoms with E-state index in [1.165, 1.54) is 30.6 Å². The lowest BCUT2D eigenvalue weighted by Gasteiger charge is -2.22. The van der Waals surface area contributed by atoms with Crippen LogP contribution in [0.15, 0.2) is 24.3 Å². The van der Waals surface area contributed by atoms with Crippen molar-refractivity contribution in [1.82, 2.24) is 10.2 Å². The van der Waals surface area contributed by atoms with Gasteiger partial charge < -0.3 is 10.2 Å². The summed E-state index contributed by atoms with van der Waals surface area (Å²) in [5.74, 6) is 2.02. The van der Waals surface area contributed by atoms with Crippen LogP contribution in [0.5, 0.6) is 0 Å². The number of hydrogen-bond donors (Lipinski definition) is 1. The number of rotatable bonds is 5. The monoisotopic (exact) mass is 260 g/mol. The first kappa shape index (κ1) is 14.5. The highest BCUT2D eigenvalue weighted by Gasteiger charge is 2.22. The molecule has 0 aliphatic carbocycles. The fraction of sp³-hybridized carbons (Fsp3) is 0.647. The molecule has 1 heterocycles. The second-order valence-electron chi connectivity index (χ2n) is 6.33. The Morgan fingerprint density at radius 2 is 2.16 bits per heavy atom. The van der Waals surface area contributed by atoms with E-state index in [2.05, 4.69) is 55.4 Å². The van der Waals surface area contributed by atoms with Gasteiger partial charge in [0.15, 0.2) is 0 Å². The first-order valence-corrected chi connectivity index (χ1v) is 7.54. The lowest BCUT2D eigenvalue weighted by molar-refractivity contribution is 0.411. The zero-order valence-electron chi connectivity index (χ0n) is 12.8. The average Bonchev–Trinajstić information content (AvgIpc) is 2.82. The van der Waals surface area contributed by atoms with E-state index in [1.807, 2.05) is 7.05 Å². The first-order chi connectivity index (χ1) is 9.11. The van der Waals surface area contributed by atoms with E-state index in [4.69, 9.17) is 0 Å². The lowest BCUT2D eigenvalue weighted by atomic mass is 9.86. The highest BCUT2D eigenvalue weighted by molar-refractivity contribution is 5.30. The molecule has 2 rings (SSSR count). The smallest absolute Gasteiger partial charge is 0.00477 e. The molecule has 1 aliphatic rings. The first-order valence-electron chi connectivity index (χ1n) is 7.54. The molecule has 1 aromatic rings. The van der Waals surface area contributed by atoms with Crippen molar-refractivity contribution in [3.8, 4) is 0 Å². The Kier molecular flexibility index (Phi) is 5.00. The Morgan fingerprint density at radius 1 is 1.37 bits per heavy atom. The van der Waals surface area contributed by atoms with Crippen molar-refractivity contribution in [3.05, 3.63) is 35.4 Å². The Balaban J connectivity index is 2.18. The van der Waals surface area contributed by atoms with E-state index < -0.39 is 0 Å². The molecule has 1 aromatic carbocycles. The second kappa shape index (κ2) is 6.53. The topological polar surface area (TPSA) is 15.3 Å². The van der Waals surface area contributed by atoms with Crippen LogP contribution in [0.1, 0.15) is 43.2 Å². The highest BCUT2D eigenvalue weighted by atomic mass is 15.1. The van der Waals surface area contributed by atoms with Crippen LogP contribution in [-0.2, 0) is 0 Å². The molecule has 1 aliphatic heterocycles. The second-order valence-corrected chi connectivity index (χ2v) is 6.33. The molecule has 2 nitrogen and oxygen atoms in total. The summed E-state index contributed by atoms with van der Waals surface area (Å²) in [6.45, 7) is 8.14. The van der Waals surface area contributed by atoms with Gasteiger partial charge in [-0.15, -0.1) is 0 Å². The molecule has 1 N–H and O–H groups in total. The van der Waals surface area contributed by atoms with Gasteiger partial charge in [0, 0.05) is 13.1 Å². The third-order valence-corrected chi connectivity index (χ3v) is 4.43. The van der Waals surface area contributed by atoms with E-state index in [9.17, 15) is 0 Å². The molecule has 2 atom stereocenters. The molecular weight excluding hydrogens is 232 g/mol. The van der Waals surface area contributed by atoms with Crippen LogP contribution < -0.4 is 5.32 Å². The van der Waals surface area contributed by atoms with E-state index in [1.54, 1.807) is 0 Å². The minimum absolute atomic E-state index is 0.615. The third-order valence-electron chi connectivity index (χ3n) is 4.43. The predicted molar refractivity (Wildman–Crippen MR) is 82.8 cm³/mol. The molecule has 2 unspecified atom stereocenters. The van der Waals surface area contributed by atoms with Gasteiger partial charge in [-0.25, -0.2) is 0 Å². The maximum absolute atomic E-state index is 3.34. The van der Waals surface area contributed by atoms with Crippen molar-refractivity contribution in [1.29, 1.82) is 0 Å². The summed E-state index contributed by atoms with van der Waals surface area (Å²) in [5, 5.41) is 3.34. The number of likely N-dealkylation sites (N-methyl/N-ethyl adjacent to an activating group) is 2. The van der Waals surface area contributed by atoms with Crippen LogP contribution in [0.25, 0.3) is 0 Å². The molecular formula is C17H28N2. The predicted octanol–water partition coefficient (Wildman–Crippen LogP) is 3.06. The van der Waals surface area contributed by atoms with Crippen LogP contribution in [0.4, 0.5) is 0 Å². The van der Waals surface area contributed by atoms with Crippen molar-refractivity contribution in [2.24, 2.45) is 5.92 Å².